The predicted octanol–water partition coefficient (Wildman–Crippen LogP) is 2.25. The summed E-state index contributed by atoms with van der Waals surface area (Å²) >= 11 is 0. The van der Waals surface area contributed by atoms with Gasteiger partial charge in [0.15, 0.2) is 0 Å². The number of hydrogen-bond donors (Lipinski definition) is 2. The van der Waals surface area contributed by atoms with Crippen LogP contribution in [0.15, 0.2) is 42.5 Å². The molecule has 3 aliphatic heterocycles. The van der Waals surface area contributed by atoms with Gasteiger partial charge in [-0.05, 0) is 49.7 Å². The minimum Gasteiger partial charge on any atom is -0.378 e. The largest absolute Gasteiger partial charge is 0.378 e. The molecule has 224 valence electrons. The Morgan fingerprint density at radius 3 is 2.26 bits per heavy atom. The Morgan fingerprint density at radius 2 is 1.50 bits per heavy atom. The van der Waals surface area contributed by atoms with E-state index in [9.17, 15) is 24.5 Å². The van der Waals surface area contributed by atoms with Crippen LogP contribution in [-0.4, -0.2) is 116 Å². The molecule has 42 heavy (non-hydrogen) atoms. The number of carbonyl (C=O) groups is 3. The lowest BCUT2D eigenvalue weighted by Gasteiger charge is -2.32. The molecule has 4 amide bonds. The molecule has 2 N–H and O–H groups in total. The third kappa shape index (κ3) is 6.97. The molecule has 0 aromatic heterocycles. The van der Waals surface area contributed by atoms with Gasteiger partial charge in [-0.25, -0.2) is 4.79 Å². The quantitative estimate of drug-likeness (QED) is 0.406. The predicted molar refractivity (Wildman–Crippen MR) is 157 cm³/mol. The van der Waals surface area contributed by atoms with E-state index in [1.54, 1.807) is 12.1 Å². The Labute approximate surface area is 244 Å². The van der Waals surface area contributed by atoms with Crippen molar-refractivity contribution in [1.82, 2.24) is 20.0 Å². The molecule has 0 atom stereocenters. The fraction of sp³-hybridized carbons (Fsp3) is 0.483. The molecule has 0 radical (unpaired) electrons. The summed E-state index contributed by atoms with van der Waals surface area (Å²) in [5, 5.41) is 17.3. The third-order valence-electron chi connectivity index (χ3n) is 7.85. The Morgan fingerprint density at radius 1 is 0.786 bits per heavy atom. The van der Waals surface area contributed by atoms with Crippen molar-refractivity contribution in [2.45, 2.75) is 12.8 Å². The first-order valence-electron chi connectivity index (χ1n) is 14.5. The highest BCUT2D eigenvalue weighted by Gasteiger charge is 2.27. The number of ether oxygens (including phenoxy) is 1. The number of nitro groups is 1. The van der Waals surface area contributed by atoms with E-state index >= 15 is 0 Å². The summed E-state index contributed by atoms with van der Waals surface area (Å²) in [4.78, 5) is 58.0. The van der Waals surface area contributed by atoms with E-state index < -0.39 is 10.8 Å². The zero-order valence-corrected chi connectivity index (χ0v) is 23.6. The summed E-state index contributed by atoms with van der Waals surface area (Å²) in [6.07, 6.45) is 1.61. The first-order valence-corrected chi connectivity index (χ1v) is 14.5. The van der Waals surface area contributed by atoms with E-state index in [0.717, 1.165) is 31.6 Å². The smallest absolute Gasteiger partial charge is 0.320 e. The highest BCUT2D eigenvalue weighted by molar-refractivity contribution is 6.07. The molecule has 3 aliphatic rings. The number of nitro benzene ring substituents is 1. The van der Waals surface area contributed by atoms with Gasteiger partial charge < -0.3 is 35.0 Å². The van der Waals surface area contributed by atoms with Crippen molar-refractivity contribution < 1.29 is 24.0 Å². The maximum Gasteiger partial charge on any atom is 0.320 e. The molecule has 3 saturated heterocycles. The fourth-order valence-electron chi connectivity index (χ4n) is 5.51. The molecule has 3 heterocycles. The number of non-ortho nitro benzene ring substituents is 1. The van der Waals surface area contributed by atoms with E-state index in [1.807, 2.05) is 20.8 Å². The first kappa shape index (κ1) is 29.3. The molecule has 0 saturated carbocycles. The molecular weight excluding hydrogens is 542 g/mol. The van der Waals surface area contributed by atoms with Gasteiger partial charge in [-0.15, -0.1) is 0 Å². The molecule has 0 unspecified atom stereocenters. The van der Waals surface area contributed by atoms with Gasteiger partial charge in [0.25, 0.3) is 17.5 Å². The van der Waals surface area contributed by atoms with Crippen LogP contribution in [0.4, 0.5) is 21.9 Å². The molecule has 0 spiro atoms. The standard InChI is InChI=1S/C29H37N7O6/c37-27(22-3-6-24(7-4-22)36(40)41)31-25-21-23(28(38)33-11-1-9-30-10-14-33)5-8-26(25)32-12-2-13-34(16-15-32)29(39)35-17-19-42-20-18-35/h3-8,21,30H,1-2,9-20H2,(H,31,37). The summed E-state index contributed by atoms with van der Waals surface area (Å²) < 4.78 is 5.39. The molecule has 13 heteroatoms. The third-order valence-corrected chi connectivity index (χ3v) is 7.85. The van der Waals surface area contributed by atoms with Gasteiger partial charge in [-0.3, -0.25) is 19.7 Å². The number of rotatable bonds is 5. The zero-order valence-electron chi connectivity index (χ0n) is 23.6. The maximum absolute atomic E-state index is 13.4. The van der Waals surface area contributed by atoms with Crippen LogP contribution in [0.1, 0.15) is 33.6 Å². The number of amides is 4. The van der Waals surface area contributed by atoms with Gasteiger partial charge in [-0.1, -0.05) is 0 Å². The van der Waals surface area contributed by atoms with Gasteiger partial charge in [0.1, 0.15) is 0 Å². The molecule has 3 fully saturated rings. The lowest BCUT2D eigenvalue weighted by molar-refractivity contribution is -0.384. The van der Waals surface area contributed by atoms with E-state index in [2.05, 4.69) is 15.5 Å². The number of anilines is 2. The van der Waals surface area contributed by atoms with E-state index in [-0.39, 0.29) is 23.2 Å². The number of nitrogens with zero attached hydrogens (tertiary/aromatic N) is 5. The molecule has 2 aromatic rings. The van der Waals surface area contributed by atoms with Crippen molar-refractivity contribution in [1.29, 1.82) is 0 Å². The van der Waals surface area contributed by atoms with Crippen LogP contribution in [0.5, 0.6) is 0 Å². The average molecular weight is 580 g/mol. The zero-order chi connectivity index (χ0) is 29.5. The van der Waals surface area contributed by atoms with Crippen LogP contribution in [0, 0.1) is 10.1 Å². The van der Waals surface area contributed by atoms with Crippen LogP contribution in [0.3, 0.4) is 0 Å². The highest BCUT2D eigenvalue weighted by atomic mass is 16.6. The number of benzene rings is 2. The summed E-state index contributed by atoms with van der Waals surface area (Å²) in [7, 11) is 0. The van der Waals surface area contributed by atoms with Crippen molar-refractivity contribution >= 4 is 34.9 Å². The average Bonchev–Trinajstić information content (AvgIpc) is 3.45. The molecule has 5 rings (SSSR count). The summed E-state index contributed by atoms with van der Waals surface area (Å²) in [6.45, 7) is 7.46. The molecule has 0 aliphatic carbocycles. The van der Waals surface area contributed by atoms with Crippen LogP contribution < -0.4 is 15.5 Å². The van der Waals surface area contributed by atoms with Crippen molar-refractivity contribution in [3.05, 3.63) is 63.7 Å². The molecule has 13 nitrogen and oxygen atoms in total. The van der Waals surface area contributed by atoms with Gasteiger partial charge in [0.2, 0.25) is 0 Å². The second kappa shape index (κ2) is 13.6. The summed E-state index contributed by atoms with van der Waals surface area (Å²) in [5.74, 6) is -0.539. The molecule has 0 bridgehead atoms. The second-order valence-corrected chi connectivity index (χ2v) is 10.6. The fourth-order valence-corrected chi connectivity index (χ4v) is 5.51. The van der Waals surface area contributed by atoms with Crippen LogP contribution in [-0.2, 0) is 4.74 Å². The Kier molecular flexibility index (Phi) is 9.49. The summed E-state index contributed by atoms with van der Waals surface area (Å²) in [5.41, 5.74) is 1.86. The van der Waals surface area contributed by atoms with Crippen molar-refractivity contribution in [2.24, 2.45) is 0 Å². The van der Waals surface area contributed by atoms with Crippen LogP contribution >= 0.6 is 0 Å². The highest BCUT2D eigenvalue weighted by Crippen LogP contribution is 2.30. The topological polar surface area (TPSA) is 141 Å². The molecular formula is C29H37N7O6. The van der Waals surface area contributed by atoms with Gasteiger partial charge in [-0.2, -0.15) is 0 Å². The Bertz CT molecular complexity index is 1290. The van der Waals surface area contributed by atoms with E-state index in [4.69, 9.17) is 4.74 Å². The lowest BCUT2D eigenvalue weighted by Crippen LogP contribution is -2.49. The summed E-state index contributed by atoms with van der Waals surface area (Å²) in [6, 6.07) is 10.8. The Hall–Kier alpha value is -4.23. The maximum atomic E-state index is 13.4. The minimum absolute atomic E-state index is 0.0136. The van der Waals surface area contributed by atoms with Crippen LogP contribution in [0.25, 0.3) is 0 Å². The van der Waals surface area contributed by atoms with Gasteiger partial charge >= 0.3 is 6.03 Å². The number of urea groups is 1. The lowest BCUT2D eigenvalue weighted by atomic mass is 10.1. The van der Waals surface area contributed by atoms with Gasteiger partial charge in [0, 0.05) is 82.2 Å². The van der Waals surface area contributed by atoms with Crippen molar-refractivity contribution in [2.75, 3.05) is 88.9 Å². The first-order chi connectivity index (χ1) is 20.4. The number of hydrogen-bond acceptors (Lipinski definition) is 8. The number of nitrogens with one attached hydrogen (secondary N) is 2. The SMILES string of the molecule is O=C(Nc1cc(C(=O)N2CCCNCC2)ccc1N1CCCN(C(=O)N2CCOCC2)CC1)c1ccc([N+](=O)[O-])cc1. The normalized spacial score (nSPS) is 18.2. The molecule has 2 aromatic carbocycles. The number of carbonyl (C=O) groups excluding carboxylic acids is 3. The van der Waals surface area contributed by atoms with Crippen molar-refractivity contribution in [3.63, 3.8) is 0 Å². The van der Waals surface area contributed by atoms with Crippen molar-refractivity contribution in [3.8, 4) is 0 Å². The number of morpholine rings is 1. The monoisotopic (exact) mass is 579 g/mol. The minimum atomic E-state index is -0.514. The Balaban J connectivity index is 1.37. The van der Waals surface area contributed by atoms with Crippen LogP contribution in [0.2, 0.25) is 0 Å². The second-order valence-electron chi connectivity index (χ2n) is 10.6. The van der Waals surface area contributed by atoms with Gasteiger partial charge in [0.05, 0.1) is 29.5 Å². The van der Waals surface area contributed by atoms with E-state index in [0.29, 0.717) is 76.8 Å². The van der Waals surface area contributed by atoms with E-state index in [1.165, 1.54) is 24.3 Å².